The third-order valence-electron chi connectivity index (χ3n) is 5.19. The monoisotopic (exact) mass is 492 g/mol. The summed E-state index contributed by atoms with van der Waals surface area (Å²) < 4.78 is 48.1. The second-order valence-corrected chi connectivity index (χ2v) is 8.37. The van der Waals surface area contributed by atoms with Crippen LogP contribution in [-0.2, 0) is 23.4 Å². The van der Waals surface area contributed by atoms with E-state index in [4.69, 9.17) is 27.9 Å². The van der Waals surface area contributed by atoms with Crippen molar-refractivity contribution in [3.05, 3.63) is 99.3 Å². The maximum absolute atomic E-state index is 14.2. The SMILES string of the molecule is O=C(/C=C/c1ccc2c(c1)CC(c1cc(Cl)cc(Cl)c1)(C(F)(F)F)O2)NCc1ccccn1. The molecule has 1 aliphatic rings. The number of amides is 1. The van der Waals surface area contributed by atoms with Crippen molar-refractivity contribution >= 4 is 35.2 Å². The highest BCUT2D eigenvalue weighted by Gasteiger charge is 2.61. The van der Waals surface area contributed by atoms with E-state index < -0.39 is 18.2 Å². The van der Waals surface area contributed by atoms with Gasteiger partial charge in [-0.1, -0.05) is 35.3 Å². The number of halogens is 5. The lowest BCUT2D eigenvalue weighted by Crippen LogP contribution is -2.46. The van der Waals surface area contributed by atoms with Gasteiger partial charge in [0.2, 0.25) is 11.5 Å². The van der Waals surface area contributed by atoms with Crippen molar-refractivity contribution in [3.63, 3.8) is 0 Å². The minimum absolute atomic E-state index is 0.0843. The molecule has 1 N–H and O–H groups in total. The van der Waals surface area contributed by atoms with Crippen molar-refractivity contribution in [3.8, 4) is 5.75 Å². The molecule has 33 heavy (non-hydrogen) atoms. The van der Waals surface area contributed by atoms with E-state index >= 15 is 0 Å². The zero-order valence-electron chi connectivity index (χ0n) is 17.0. The van der Waals surface area contributed by atoms with Gasteiger partial charge in [0.15, 0.2) is 0 Å². The highest BCUT2D eigenvalue weighted by Crippen LogP contribution is 2.51. The average molecular weight is 493 g/mol. The minimum atomic E-state index is -4.72. The molecule has 0 fully saturated rings. The number of fused-ring (bicyclic) bond motifs is 1. The molecule has 3 aromatic rings. The van der Waals surface area contributed by atoms with Crippen molar-refractivity contribution in [1.29, 1.82) is 0 Å². The first-order valence-corrected chi connectivity index (χ1v) is 10.6. The zero-order chi connectivity index (χ0) is 23.6. The quantitative estimate of drug-likeness (QED) is 0.437. The van der Waals surface area contributed by atoms with E-state index in [1.54, 1.807) is 30.5 Å². The van der Waals surface area contributed by atoms with Gasteiger partial charge in [-0.3, -0.25) is 9.78 Å². The van der Waals surface area contributed by atoms with Gasteiger partial charge in [0, 0.05) is 34.3 Å². The number of alkyl halides is 3. The van der Waals surface area contributed by atoms with Crippen molar-refractivity contribution in [2.24, 2.45) is 0 Å². The molecule has 0 aliphatic carbocycles. The maximum Gasteiger partial charge on any atom is 0.432 e. The highest BCUT2D eigenvalue weighted by molar-refractivity contribution is 6.34. The molecule has 2 heterocycles. The molecule has 4 nitrogen and oxygen atoms in total. The van der Waals surface area contributed by atoms with Crippen molar-refractivity contribution < 1.29 is 22.7 Å². The van der Waals surface area contributed by atoms with Crippen molar-refractivity contribution in [2.75, 3.05) is 0 Å². The molecule has 0 bridgehead atoms. The topological polar surface area (TPSA) is 51.2 Å². The van der Waals surface area contributed by atoms with Crippen LogP contribution in [0.5, 0.6) is 5.75 Å². The van der Waals surface area contributed by atoms with Gasteiger partial charge in [0.05, 0.1) is 12.2 Å². The number of carbonyl (C=O) groups is 1. The van der Waals surface area contributed by atoms with Crippen LogP contribution in [0.2, 0.25) is 10.0 Å². The van der Waals surface area contributed by atoms with E-state index in [1.165, 1.54) is 36.4 Å². The van der Waals surface area contributed by atoms with Crippen LogP contribution >= 0.6 is 23.2 Å². The highest BCUT2D eigenvalue weighted by atomic mass is 35.5. The average Bonchev–Trinajstić information content (AvgIpc) is 3.17. The third-order valence-corrected chi connectivity index (χ3v) is 5.63. The molecule has 0 saturated heterocycles. The van der Waals surface area contributed by atoms with Gasteiger partial charge in [-0.25, -0.2) is 0 Å². The molecule has 4 rings (SSSR count). The molecule has 0 saturated carbocycles. The molecular weight excluding hydrogens is 476 g/mol. The Morgan fingerprint density at radius 2 is 1.88 bits per heavy atom. The van der Waals surface area contributed by atoms with Crippen LogP contribution in [0.4, 0.5) is 13.2 Å². The number of nitrogens with one attached hydrogen (secondary N) is 1. The molecular formula is C24H17Cl2F3N2O2. The smallest absolute Gasteiger partial charge is 0.432 e. The first-order chi connectivity index (χ1) is 15.7. The van der Waals surface area contributed by atoms with Crippen LogP contribution in [0.25, 0.3) is 6.08 Å². The summed E-state index contributed by atoms with van der Waals surface area (Å²) in [5.74, 6) is -0.240. The third kappa shape index (κ3) is 4.99. The second-order valence-electron chi connectivity index (χ2n) is 7.50. The Labute approximate surface area is 198 Å². The number of carbonyl (C=O) groups excluding carboxylic acids is 1. The number of aromatic nitrogens is 1. The fourth-order valence-corrected chi connectivity index (χ4v) is 4.14. The maximum atomic E-state index is 14.2. The van der Waals surface area contributed by atoms with E-state index in [1.807, 2.05) is 6.07 Å². The number of nitrogens with zero attached hydrogens (tertiary/aromatic N) is 1. The molecule has 0 radical (unpaired) electrons. The molecule has 1 unspecified atom stereocenters. The van der Waals surface area contributed by atoms with Gasteiger partial charge in [-0.2, -0.15) is 13.2 Å². The lowest BCUT2D eigenvalue weighted by molar-refractivity contribution is -0.248. The molecule has 170 valence electrons. The van der Waals surface area contributed by atoms with Gasteiger partial charge in [-0.15, -0.1) is 0 Å². The Hall–Kier alpha value is -3.03. The summed E-state index contributed by atoms with van der Waals surface area (Å²) in [5.41, 5.74) is -1.15. The van der Waals surface area contributed by atoms with E-state index in [2.05, 4.69) is 10.3 Å². The Morgan fingerprint density at radius 1 is 1.12 bits per heavy atom. The predicted octanol–water partition coefficient (Wildman–Crippen LogP) is 6.11. The summed E-state index contributed by atoms with van der Waals surface area (Å²) in [6.45, 7) is 0.262. The molecule has 1 amide bonds. The summed E-state index contributed by atoms with van der Waals surface area (Å²) in [7, 11) is 0. The molecule has 1 aromatic heterocycles. The van der Waals surface area contributed by atoms with E-state index in [0.717, 1.165) is 0 Å². The number of hydrogen-bond acceptors (Lipinski definition) is 3. The molecule has 0 spiro atoms. The number of hydrogen-bond donors (Lipinski definition) is 1. The van der Waals surface area contributed by atoms with E-state index in [0.29, 0.717) is 16.8 Å². The first kappa shape index (κ1) is 23.1. The second kappa shape index (κ2) is 9.08. The standard InChI is InChI=1S/C24H17Cl2F3N2O2/c25-18-10-17(11-19(26)12-18)23(24(27,28)29)13-16-9-15(4-6-21(16)33-23)5-7-22(32)31-14-20-3-1-2-8-30-20/h1-12H,13-14H2,(H,31,32)/b7-5+. The van der Waals surface area contributed by atoms with Crippen LogP contribution < -0.4 is 10.1 Å². The Bertz CT molecular complexity index is 1200. The van der Waals surface area contributed by atoms with E-state index in [9.17, 15) is 18.0 Å². The van der Waals surface area contributed by atoms with Gasteiger partial charge in [0.1, 0.15) is 5.75 Å². The van der Waals surface area contributed by atoms with Gasteiger partial charge in [0.25, 0.3) is 0 Å². The normalized spacial score (nSPS) is 17.6. The molecule has 2 aromatic carbocycles. The fraction of sp³-hybridized carbons (Fsp3) is 0.167. The number of pyridine rings is 1. The predicted molar refractivity (Wildman–Crippen MR) is 120 cm³/mol. The van der Waals surface area contributed by atoms with Crippen LogP contribution in [0.3, 0.4) is 0 Å². The van der Waals surface area contributed by atoms with Gasteiger partial charge < -0.3 is 10.1 Å². The summed E-state index contributed by atoms with van der Waals surface area (Å²) in [6.07, 6.45) is -0.703. The van der Waals surface area contributed by atoms with Crippen LogP contribution in [0.1, 0.15) is 22.4 Å². The molecule has 1 aliphatic heterocycles. The van der Waals surface area contributed by atoms with Crippen molar-refractivity contribution in [1.82, 2.24) is 10.3 Å². The molecule has 9 heteroatoms. The number of benzene rings is 2. The largest absolute Gasteiger partial charge is 0.472 e. The lowest BCUT2D eigenvalue weighted by atomic mass is 9.88. The van der Waals surface area contributed by atoms with Crippen LogP contribution in [-0.4, -0.2) is 17.1 Å². The van der Waals surface area contributed by atoms with Gasteiger partial charge in [-0.05, 0) is 59.7 Å². The van der Waals surface area contributed by atoms with Crippen LogP contribution in [0.15, 0.2) is 66.9 Å². The summed E-state index contributed by atoms with van der Waals surface area (Å²) in [4.78, 5) is 16.2. The Morgan fingerprint density at radius 3 is 2.55 bits per heavy atom. The van der Waals surface area contributed by atoms with Gasteiger partial charge >= 0.3 is 6.18 Å². The Kier molecular flexibility index (Phi) is 6.36. The fourth-order valence-electron chi connectivity index (χ4n) is 3.61. The minimum Gasteiger partial charge on any atom is -0.472 e. The Balaban J connectivity index is 1.53. The first-order valence-electron chi connectivity index (χ1n) is 9.87. The summed E-state index contributed by atoms with van der Waals surface area (Å²) in [6, 6.07) is 13.8. The van der Waals surface area contributed by atoms with Crippen molar-refractivity contribution in [2.45, 2.75) is 24.7 Å². The molecule has 1 atom stereocenters. The lowest BCUT2D eigenvalue weighted by Gasteiger charge is -2.31. The summed E-state index contributed by atoms with van der Waals surface area (Å²) in [5, 5.41) is 2.87. The number of rotatable bonds is 5. The number of ether oxygens (including phenoxy) is 1. The van der Waals surface area contributed by atoms with E-state index in [-0.39, 0.29) is 33.8 Å². The zero-order valence-corrected chi connectivity index (χ0v) is 18.5. The summed E-state index contributed by atoms with van der Waals surface area (Å²) >= 11 is 11.9. The van der Waals surface area contributed by atoms with Crippen LogP contribution in [0, 0.1) is 0 Å².